The molecule has 0 atom stereocenters. The molecule has 7 nitrogen and oxygen atoms in total. The van der Waals surface area contributed by atoms with E-state index in [-0.39, 0.29) is 28.8 Å². The van der Waals surface area contributed by atoms with E-state index in [2.05, 4.69) is 15.4 Å². The van der Waals surface area contributed by atoms with Gasteiger partial charge in [-0.2, -0.15) is 5.10 Å². The predicted octanol–water partition coefficient (Wildman–Crippen LogP) is 3.59. The molecule has 2 aromatic heterocycles. The number of rotatable bonds is 4. The quantitative estimate of drug-likeness (QED) is 0.605. The molecule has 9 heteroatoms. The third kappa shape index (κ3) is 3.13. The summed E-state index contributed by atoms with van der Waals surface area (Å²) in [5.74, 6) is -0.441. The Bertz CT molecular complexity index is 1220. The first-order valence-corrected chi connectivity index (χ1v) is 10.4. The highest BCUT2D eigenvalue weighted by molar-refractivity contribution is 6.34. The van der Waals surface area contributed by atoms with Crippen molar-refractivity contribution in [3.8, 4) is 11.1 Å². The topological polar surface area (TPSA) is 89.1 Å². The van der Waals surface area contributed by atoms with Crippen LogP contribution in [0.3, 0.4) is 0 Å². The third-order valence-electron chi connectivity index (χ3n) is 6.20. The summed E-state index contributed by atoms with van der Waals surface area (Å²) in [5.41, 5.74) is 8.41. The Hall–Kier alpha value is -3.13. The Balaban J connectivity index is 1.53. The van der Waals surface area contributed by atoms with Crippen LogP contribution in [0.5, 0.6) is 0 Å². The number of aromatic nitrogens is 3. The van der Waals surface area contributed by atoms with Crippen molar-refractivity contribution in [3.05, 3.63) is 58.3 Å². The van der Waals surface area contributed by atoms with Crippen LogP contribution in [0, 0.1) is 5.82 Å². The van der Waals surface area contributed by atoms with E-state index in [0.717, 1.165) is 36.3 Å². The molecule has 1 spiro atoms. The number of aryl methyl sites for hydroxylation is 1. The number of fused-ring (bicyclic) bond motifs is 2. The van der Waals surface area contributed by atoms with E-state index in [1.54, 1.807) is 43.4 Å². The second kappa shape index (κ2) is 6.95. The normalized spacial score (nSPS) is 15.6. The molecule has 3 N–H and O–H groups in total. The first-order chi connectivity index (χ1) is 14.8. The molecule has 0 radical (unpaired) electrons. The molecule has 2 aliphatic rings. The van der Waals surface area contributed by atoms with E-state index in [0.29, 0.717) is 10.6 Å². The van der Waals surface area contributed by atoms with E-state index in [1.165, 1.54) is 11.0 Å². The van der Waals surface area contributed by atoms with Gasteiger partial charge in [0.05, 0.1) is 16.8 Å². The molecule has 1 amide bonds. The Kier molecular flexibility index (Phi) is 4.44. The molecule has 0 bridgehead atoms. The third-order valence-corrected chi connectivity index (χ3v) is 6.59. The summed E-state index contributed by atoms with van der Waals surface area (Å²) in [6.45, 7) is 1.08. The number of nitrogen functional groups attached to an aromatic ring is 1. The zero-order valence-corrected chi connectivity index (χ0v) is 18.0. The summed E-state index contributed by atoms with van der Waals surface area (Å²) < 4.78 is 17.3. The molecule has 1 aromatic carbocycles. The van der Waals surface area contributed by atoms with E-state index < -0.39 is 11.7 Å². The molecule has 1 saturated carbocycles. The lowest BCUT2D eigenvalue weighted by molar-refractivity contribution is 0.0781. The van der Waals surface area contributed by atoms with Gasteiger partial charge in [0, 0.05) is 72.9 Å². The van der Waals surface area contributed by atoms with E-state index in [1.807, 2.05) is 0 Å². The molecule has 160 valence electrons. The molecule has 1 aliphatic carbocycles. The summed E-state index contributed by atoms with van der Waals surface area (Å²) in [6.07, 6.45) is 7.09. The van der Waals surface area contributed by atoms with Gasteiger partial charge in [-0.3, -0.25) is 9.48 Å². The van der Waals surface area contributed by atoms with Crippen molar-refractivity contribution < 1.29 is 9.18 Å². The lowest BCUT2D eigenvalue weighted by Gasteiger charge is -2.19. The Morgan fingerprint density at radius 3 is 2.81 bits per heavy atom. The van der Waals surface area contributed by atoms with Gasteiger partial charge >= 0.3 is 0 Å². The number of benzene rings is 1. The van der Waals surface area contributed by atoms with Gasteiger partial charge in [-0.25, -0.2) is 9.37 Å². The van der Waals surface area contributed by atoms with Crippen molar-refractivity contribution in [2.45, 2.75) is 24.8 Å². The minimum atomic E-state index is -0.692. The van der Waals surface area contributed by atoms with Crippen LogP contribution in [0.15, 0.2) is 30.7 Å². The highest BCUT2D eigenvalue weighted by Gasteiger charge is 2.51. The number of nitrogens with two attached hydrogens (primary N) is 1. The molecular formula is C22H22ClFN6O. The van der Waals surface area contributed by atoms with Crippen LogP contribution in [-0.2, 0) is 19.0 Å². The average Bonchev–Trinajstić information content (AvgIpc) is 3.24. The van der Waals surface area contributed by atoms with E-state index >= 15 is 4.39 Å². The van der Waals surface area contributed by atoms with Gasteiger partial charge in [0.1, 0.15) is 11.6 Å². The van der Waals surface area contributed by atoms with Gasteiger partial charge in [0.2, 0.25) is 0 Å². The largest absolute Gasteiger partial charge is 0.398 e. The summed E-state index contributed by atoms with van der Waals surface area (Å²) in [6, 6.07) is 3.10. The standard InChI is InChI=1S/C22H22ClFN6O/c1-29(9-12-7-28-30(2)10-12)21(31)16-15(25)4-3-13(19(16)24)14-8-26-20-17(18(14)23)22(5-6-22)11-27-20/h3-4,7-8,10H,5-6,9,11,25H2,1-2H3,(H,26,27). The number of carbonyl (C=O) groups is 1. The molecule has 31 heavy (non-hydrogen) atoms. The van der Waals surface area contributed by atoms with Crippen LogP contribution >= 0.6 is 11.6 Å². The average molecular weight is 441 g/mol. The van der Waals surface area contributed by atoms with Crippen LogP contribution in [0.4, 0.5) is 15.9 Å². The fourth-order valence-electron chi connectivity index (χ4n) is 4.32. The number of hydrogen-bond donors (Lipinski definition) is 2. The SMILES string of the molecule is CN(Cc1cnn(C)c1)C(=O)c1c(N)ccc(-c2cnc3c(c2Cl)C2(CC2)CN3)c1F. The van der Waals surface area contributed by atoms with Gasteiger partial charge in [0.25, 0.3) is 5.91 Å². The Labute approximate surface area is 184 Å². The Morgan fingerprint density at radius 2 is 2.13 bits per heavy atom. The second-order valence-electron chi connectivity index (χ2n) is 8.42. The minimum Gasteiger partial charge on any atom is -0.398 e. The highest BCUT2D eigenvalue weighted by atomic mass is 35.5. The zero-order chi connectivity index (χ0) is 21.9. The number of amides is 1. The number of carbonyl (C=O) groups excluding carboxylic acids is 1. The van der Waals surface area contributed by atoms with Gasteiger partial charge < -0.3 is 16.0 Å². The smallest absolute Gasteiger partial charge is 0.259 e. The molecule has 1 aliphatic heterocycles. The maximum absolute atomic E-state index is 15.7. The fraction of sp³-hybridized carbons (Fsp3) is 0.318. The van der Waals surface area contributed by atoms with E-state index in [9.17, 15) is 4.79 Å². The molecule has 0 unspecified atom stereocenters. The van der Waals surface area contributed by atoms with Crippen LogP contribution in [0.2, 0.25) is 5.02 Å². The fourth-order valence-corrected chi connectivity index (χ4v) is 4.76. The highest BCUT2D eigenvalue weighted by Crippen LogP contribution is 2.57. The van der Waals surface area contributed by atoms with Crippen molar-refractivity contribution in [3.63, 3.8) is 0 Å². The monoisotopic (exact) mass is 440 g/mol. The zero-order valence-electron chi connectivity index (χ0n) is 17.2. The van der Waals surface area contributed by atoms with Crippen molar-refractivity contribution in [2.75, 3.05) is 24.6 Å². The van der Waals surface area contributed by atoms with Crippen molar-refractivity contribution in [1.29, 1.82) is 0 Å². The van der Waals surface area contributed by atoms with Crippen LogP contribution in [0.1, 0.15) is 34.3 Å². The van der Waals surface area contributed by atoms with Gasteiger partial charge in [0.15, 0.2) is 0 Å². The van der Waals surface area contributed by atoms with Gasteiger partial charge in [-0.05, 0) is 25.0 Å². The number of halogens is 2. The number of nitrogens with zero attached hydrogens (tertiary/aromatic N) is 4. The van der Waals surface area contributed by atoms with E-state index in [4.69, 9.17) is 17.3 Å². The number of nitrogens with one attached hydrogen (secondary N) is 1. The maximum atomic E-state index is 15.7. The molecule has 3 aromatic rings. The van der Waals surface area contributed by atoms with Crippen molar-refractivity contribution >= 4 is 29.0 Å². The summed E-state index contributed by atoms with van der Waals surface area (Å²) in [7, 11) is 3.40. The maximum Gasteiger partial charge on any atom is 0.259 e. The Morgan fingerprint density at radius 1 is 1.35 bits per heavy atom. The molecule has 5 rings (SSSR count). The van der Waals surface area contributed by atoms with Crippen molar-refractivity contribution in [2.24, 2.45) is 7.05 Å². The molecular weight excluding hydrogens is 419 g/mol. The first-order valence-electron chi connectivity index (χ1n) is 10.0. The number of pyridine rings is 1. The van der Waals surface area contributed by atoms with Crippen LogP contribution < -0.4 is 11.1 Å². The summed E-state index contributed by atoms with van der Waals surface area (Å²) >= 11 is 6.75. The second-order valence-corrected chi connectivity index (χ2v) is 8.80. The summed E-state index contributed by atoms with van der Waals surface area (Å²) in [4.78, 5) is 19.0. The van der Waals surface area contributed by atoms with Crippen molar-refractivity contribution in [1.82, 2.24) is 19.7 Å². The van der Waals surface area contributed by atoms with Crippen LogP contribution in [0.25, 0.3) is 11.1 Å². The lowest BCUT2D eigenvalue weighted by Crippen LogP contribution is -2.28. The molecule has 3 heterocycles. The predicted molar refractivity (Wildman–Crippen MR) is 117 cm³/mol. The molecule has 1 fully saturated rings. The number of hydrogen-bond acceptors (Lipinski definition) is 5. The van der Waals surface area contributed by atoms with Gasteiger partial charge in [-0.1, -0.05) is 11.6 Å². The first kappa shape index (κ1) is 19.8. The molecule has 0 saturated heterocycles. The van der Waals surface area contributed by atoms with Gasteiger partial charge in [-0.15, -0.1) is 0 Å². The number of anilines is 2. The van der Waals surface area contributed by atoms with Crippen LogP contribution in [-0.4, -0.2) is 39.2 Å². The lowest BCUT2D eigenvalue weighted by atomic mass is 9.95. The minimum absolute atomic E-state index is 0.00228. The summed E-state index contributed by atoms with van der Waals surface area (Å²) in [5, 5.41) is 7.87.